The van der Waals surface area contributed by atoms with Gasteiger partial charge in [-0.15, -0.1) is 11.3 Å². The topological polar surface area (TPSA) is 42.0 Å². The molecular formula is C11H8BrClN2OS. The highest BCUT2D eigenvalue weighted by Gasteiger charge is 2.12. The molecule has 0 saturated heterocycles. The van der Waals surface area contributed by atoms with Gasteiger partial charge in [0.2, 0.25) is 5.91 Å². The number of carbonyl (C=O) groups is 1. The second-order valence-electron chi connectivity index (χ2n) is 3.33. The first-order valence-corrected chi connectivity index (χ1v) is 6.75. The Bertz CT molecular complexity index is 553. The summed E-state index contributed by atoms with van der Waals surface area (Å²) in [4.78, 5) is 16.2. The normalized spacial score (nSPS) is 10.3. The van der Waals surface area contributed by atoms with Gasteiger partial charge in [0.25, 0.3) is 0 Å². The number of halogens is 2. The van der Waals surface area contributed by atoms with Crippen LogP contribution >= 0.6 is 38.9 Å². The summed E-state index contributed by atoms with van der Waals surface area (Å²) < 4.78 is 0.728. The molecule has 0 fully saturated rings. The van der Waals surface area contributed by atoms with Gasteiger partial charge < -0.3 is 5.32 Å². The average molecular weight is 332 g/mol. The van der Waals surface area contributed by atoms with Crippen molar-refractivity contribution in [3.8, 4) is 10.4 Å². The summed E-state index contributed by atoms with van der Waals surface area (Å²) >= 11 is 10.6. The minimum atomic E-state index is -0.141. The largest absolute Gasteiger partial charge is 0.310 e. The molecule has 1 aromatic carbocycles. The van der Waals surface area contributed by atoms with Crippen LogP contribution in [-0.2, 0) is 4.79 Å². The van der Waals surface area contributed by atoms with Crippen molar-refractivity contribution in [2.45, 2.75) is 6.92 Å². The molecule has 88 valence electrons. The second kappa shape index (κ2) is 5.16. The molecule has 0 aliphatic carbocycles. The Morgan fingerprint density at radius 1 is 1.41 bits per heavy atom. The van der Waals surface area contributed by atoms with Crippen molar-refractivity contribution in [1.29, 1.82) is 0 Å². The third kappa shape index (κ3) is 3.06. The van der Waals surface area contributed by atoms with Gasteiger partial charge in [-0.05, 0) is 33.6 Å². The van der Waals surface area contributed by atoms with Crippen molar-refractivity contribution >= 4 is 50.6 Å². The lowest BCUT2D eigenvalue weighted by atomic mass is 10.2. The van der Waals surface area contributed by atoms with E-state index >= 15 is 0 Å². The highest BCUT2D eigenvalue weighted by atomic mass is 79.9. The van der Waals surface area contributed by atoms with Gasteiger partial charge in [0.1, 0.15) is 0 Å². The highest BCUT2D eigenvalue weighted by Crippen LogP contribution is 2.36. The minimum Gasteiger partial charge on any atom is -0.310 e. The predicted molar refractivity (Wildman–Crippen MR) is 74.6 cm³/mol. The first kappa shape index (κ1) is 12.5. The van der Waals surface area contributed by atoms with E-state index in [1.165, 1.54) is 18.3 Å². The molecule has 0 spiro atoms. The highest BCUT2D eigenvalue weighted by molar-refractivity contribution is 9.11. The smallest absolute Gasteiger partial charge is 0.222 e. The zero-order chi connectivity index (χ0) is 12.4. The maximum Gasteiger partial charge on any atom is 0.222 e. The summed E-state index contributed by atoms with van der Waals surface area (Å²) in [6.45, 7) is 1.46. The molecule has 0 atom stereocenters. The number of carbonyl (C=O) groups excluding carboxylic acids is 1. The number of nitrogens with one attached hydrogen (secondary N) is 1. The van der Waals surface area contributed by atoms with Gasteiger partial charge in [-0.25, -0.2) is 4.98 Å². The number of hydrogen-bond acceptors (Lipinski definition) is 3. The Labute approximate surface area is 116 Å². The van der Waals surface area contributed by atoms with Gasteiger partial charge in [-0.1, -0.05) is 23.7 Å². The molecule has 0 radical (unpaired) electrons. The van der Waals surface area contributed by atoms with Crippen LogP contribution in [0.5, 0.6) is 0 Å². The minimum absolute atomic E-state index is 0.141. The van der Waals surface area contributed by atoms with Crippen LogP contribution in [0.2, 0.25) is 5.02 Å². The molecule has 0 aliphatic heterocycles. The summed E-state index contributed by atoms with van der Waals surface area (Å²) in [6.07, 6.45) is 0. The quantitative estimate of drug-likeness (QED) is 0.896. The second-order valence-corrected chi connectivity index (χ2v) is 6.04. The molecule has 0 saturated carbocycles. The average Bonchev–Trinajstić information content (AvgIpc) is 2.59. The van der Waals surface area contributed by atoms with E-state index in [0.717, 1.165) is 14.4 Å². The van der Waals surface area contributed by atoms with Crippen molar-refractivity contribution < 1.29 is 4.79 Å². The fraction of sp³-hybridized carbons (Fsp3) is 0.0909. The summed E-state index contributed by atoms with van der Waals surface area (Å²) in [7, 11) is 0. The van der Waals surface area contributed by atoms with E-state index in [4.69, 9.17) is 11.6 Å². The molecule has 6 heteroatoms. The molecule has 2 aromatic rings. The van der Waals surface area contributed by atoms with E-state index in [1.807, 2.05) is 24.3 Å². The van der Waals surface area contributed by atoms with Crippen LogP contribution in [0.25, 0.3) is 10.4 Å². The summed E-state index contributed by atoms with van der Waals surface area (Å²) in [6, 6.07) is 7.41. The number of rotatable bonds is 2. The van der Waals surface area contributed by atoms with E-state index < -0.39 is 0 Å². The molecule has 0 bridgehead atoms. The Balaban J connectivity index is 2.43. The number of thiazole rings is 1. The van der Waals surface area contributed by atoms with Crippen LogP contribution < -0.4 is 5.32 Å². The number of aromatic nitrogens is 1. The van der Waals surface area contributed by atoms with Gasteiger partial charge >= 0.3 is 0 Å². The van der Waals surface area contributed by atoms with Crippen LogP contribution in [0.3, 0.4) is 0 Å². The molecule has 0 unspecified atom stereocenters. The Morgan fingerprint density at radius 2 is 2.06 bits per heavy atom. The van der Waals surface area contributed by atoms with Crippen molar-refractivity contribution in [2.75, 3.05) is 5.32 Å². The van der Waals surface area contributed by atoms with E-state index in [0.29, 0.717) is 10.8 Å². The number of hydrogen-bond donors (Lipinski definition) is 1. The standard InChI is InChI=1S/C11H8BrClN2OS/c1-6(16)14-10-9(17-11(12)15-10)7-2-4-8(13)5-3-7/h2-5H,1H3,(H,14,16). The van der Waals surface area contributed by atoms with Crippen LogP contribution in [0.15, 0.2) is 28.2 Å². The van der Waals surface area contributed by atoms with Gasteiger partial charge in [-0.2, -0.15) is 0 Å². The van der Waals surface area contributed by atoms with Crippen molar-refractivity contribution in [1.82, 2.24) is 4.98 Å². The lowest BCUT2D eigenvalue weighted by molar-refractivity contribution is -0.114. The van der Waals surface area contributed by atoms with Crippen molar-refractivity contribution in [3.63, 3.8) is 0 Å². The van der Waals surface area contributed by atoms with Crippen LogP contribution in [0, 0.1) is 0 Å². The number of anilines is 1. The molecule has 0 aliphatic rings. The zero-order valence-corrected chi connectivity index (χ0v) is 12.0. The number of nitrogens with zero attached hydrogens (tertiary/aromatic N) is 1. The molecule has 17 heavy (non-hydrogen) atoms. The summed E-state index contributed by atoms with van der Waals surface area (Å²) in [5.41, 5.74) is 0.973. The van der Waals surface area contributed by atoms with Crippen LogP contribution in [0.4, 0.5) is 5.82 Å². The van der Waals surface area contributed by atoms with E-state index in [1.54, 1.807) is 0 Å². The number of benzene rings is 1. The third-order valence-corrected chi connectivity index (χ3v) is 3.81. The zero-order valence-electron chi connectivity index (χ0n) is 8.83. The first-order valence-electron chi connectivity index (χ1n) is 4.76. The Hall–Kier alpha value is -0.910. The monoisotopic (exact) mass is 330 g/mol. The molecule has 1 amide bonds. The van der Waals surface area contributed by atoms with Crippen molar-refractivity contribution in [2.24, 2.45) is 0 Å². The van der Waals surface area contributed by atoms with E-state index in [9.17, 15) is 4.79 Å². The molecule has 1 aromatic heterocycles. The first-order chi connectivity index (χ1) is 8.06. The molecule has 2 rings (SSSR count). The lowest BCUT2D eigenvalue weighted by Gasteiger charge is -2.02. The van der Waals surface area contributed by atoms with Crippen molar-refractivity contribution in [3.05, 3.63) is 33.2 Å². The third-order valence-electron chi connectivity index (χ3n) is 2.00. The Kier molecular flexibility index (Phi) is 3.81. The molecular weight excluding hydrogens is 324 g/mol. The van der Waals surface area contributed by atoms with Crippen LogP contribution in [-0.4, -0.2) is 10.9 Å². The SMILES string of the molecule is CC(=O)Nc1nc(Br)sc1-c1ccc(Cl)cc1. The molecule has 1 heterocycles. The summed E-state index contributed by atoms with van der Waals surface area (Å²) in [5.74, 6) is 0.426. The van der Waals surface area contributed by atoms with Crippen LogP contribution in [0.1, 0.15) is 6.92 Å². The van der Waals surface area contributed by atoms with Gasteiger partial charge in [0, 0.05) is 11.9 Å². The Morgan fingerprint density at radius 3 is 2.65 bits per heavy atom. The number of amides is 1. The van der Waals surface area contributed by atoms with Gasteiger partial charge in [0.15, 0.2) is 9.73 Å². The fourth-order valence-corrected chi connectivity index (χ4v) is 2.88. The summed E-state index contributed by atoms with van der Waals surface area (Å²) in [5, 5.41) is 3.38. The predicted octanol–water partition coefficient (Wildman–Crippen LogP) is 4.18. The van der Waals surface area contributed by atoms with Gasteiger partial charge in [-0.3, -0.25) is 4.79 Å². The molecule has 1 N–H and O–H groups in total. The lowest BCUT2D eigenvalue weighted by Crippen LogP contribution is -2.06. The molecule has 3 nitrogen and oxygen atoms in total. The van der Waals surface area contributed by atoms with E-state index in [-0.39, 0.29) is 5.91 Å². The van der Waals surface area contributed by atoms with E-state index in [2.05, 4.69) is 26.2 Å². The van der Waals surface area contributed by atoms with Gasteiger partial charge in [0.05, 0.1) is 4.88 Å². The maximum absolute atomic E-state index is 11.1. The maximum atomic E-state index is 11.1. The fourth-order valence-electron chi connectivity index (χ4n) is 1.34.